The third-order valence-electron chi connectivity index (χ3n) is 2.99. The Hall–Kier alpha value is -2.14. The molecule has 0 amide bonds. The SMILES string of the molecule is COCCOc1ccc(NC(C)c2ccc(F)cn2)cc1. The predicted molar refractivity (Wildman–Crippen MR) is 80.0 cm³/mol. The van der Waals surface area contributed by atoms with Gasteiger partial charge in [0.05, 0.1) is 24.5 Å². The molecule has 0 aliphatic carbocycles. The van der Waals surface area contributed by atoms with Crippen molar-refractivity contribution in [3.63, 3.8) is 0 Å². The molecule has 0 radical (unpaired) electrons. The maximum Gasteiger partial charge on any atom is 0.141 e. The highest BCUT2D eigenvalue weighted by atomic mass is 19.1. The monoisotopic (exact) mass is 290 g/mol. The van der Waals surface area contributed by atoms with Crippen LogP contribution < -0.4 is 10.1 Å². The van der Waals surface area contributed by atoms with Crippen molar-refractivity contribution in [1.29, 1.82) is 0 Å². The van der Waals surface area contributed by atoms with Crippen molar-refractivity contribution in [2.45, 2.75) is 13.0 Å². The van der Waals surface area contributed by atoms with Gasteiger partial charge < -0.3 is 14.8 Å². The summed E-state index contributed by atoms with van der Waals surface area (Å²) in [5.41, 5.74) is 1.74. The fraction of sp³-hybridized carbons (Fsp3) is 0.312. The van der Waals surface area contributed by atoms with Crippen LogP contribution in [0.3, 0.4) is 0 Å². The van der Waals surface area contributed by atoms with E-state index in [0.717, 1.165) is 17.1 Å². The Morgan fingerprint density at radius 1 is 1.14 bits per heavy atom. The molecule has 1 heterocycles. The minimum absolute atomic E-state index is 0.00846. The molecule has 0 aliphatic heterocycles. The quantitative estimate of drug-likeness (QED) is 0.794. The molecule has 112 valence electrons. The second-order valence-electron chi connectivity index (χ2n) is 4.63. The van der Waals surface area contributed by atoms with Crippen molar-refractivity contribution in [1.82, 2.24) is 4.98 Å². The van der Waals surface area contributed by atoms with Gasteiger partial charge >= 0.3 is 0 Å². The van der Waals surface area contributed by atoms with Crippen molar-refractivity contribution < 1.29 is 13.9 Å². The van der Waals surface area contributed by atoms with Gasteiger partial charge in [-0.1, -0.05) is 0 Å². The summed E-state index contributed by atoms with van der Waals surface area (Å²) in [7, 11) is 1.64. The Kier molecular flexibility index (Phi) is 5.51. The molecule has 2 aromatic rings. The topological polar surface area (TPSA) is 43.4 Å². The molecule has 2 rings (SSSR count). The number of aromatic nitrogens is 1. The highest BCUT2D eigenvalue weighted by molar-refractivity contribution is 5.47. The largest absolute Gasteiger partial charge is 0.491 e. The van der Waals surface area contributed by atoms with E-state index in [9.17, 15) is 4.39 Å². The van der Waals surface area contributed by atoms with E-state index < -0.39 is 0 Å². The summed E-state index contributed by atoms with van der Waals surface area (Å²) < 4.78 is 23.3. The number of pyridine rings is 1. The normalized spacial score (nSPS) is 12.0. The average molecular weight is 290 g/mol. The zero-order valence-electron chi connectivity index (χ0n) is 12.2. The van der Waals surface area contributed by atoms with E-state index in [2.05, 4.69) is 10.3 Å². The zero-order valence-corrected chi connectivity index (χ0v) is 12.2. The molecule has 0 saturated carbocycles. The molecule has 1 atom stereocenters. The Labute approximate surface area is 123 Å². The number of nitrogens with one attached hydrogen (secondary N) is 1. The van der Waals surface area contributed by atoms with E-state index in [1.807, 2.05) is 31.2 Å². The smallest absolute Gasteiger partial charge is 0.141 e. The molecule has 21 heavy (non-hydrogen) atoms. The van der Waals surface area contributed by atoms with Crippen LogP contribution in [0, 0.1) is 5.82 Å². The molecular weight excluding hydrogens is 271 g/mol. The van der Waals surface area contributed by atoms with E-state index in [1.54, 1.807) is 13.2 Å². The number of methoxy groups -OCH3 is 1. The summed E-state index contributed by atoms with van der Waals surface area (Å²) in [5, 5.41) is 3.31. The third-order valence-corrected chi connectivity index (χ3v) is 2.99. The number of anilines is 1. The first-order chi connectivity index (χ1) is 10.2. The predicted octanol–water partition coefficient (Wildman–Crippen LogP) is 3.42. The number of nitrogens with zero attached hydrogens (tertiary/aromatic N) is 1. The van der Waals surface area contributed by atoms with Gasteiger partial charge in [0.2, 0.25) is 0 Å². The van der Waals surface area contributed by atoms with Crippen LogP contribution in [0.5, 0.6) is 5.75 Å². The van der Waals surface area contributed by atoms with Gasteiger partial charge in [0.25, 0.3) is 0 Å². The number of hydrogen-bond donors (Lipinski definition) is 1. The van der Waals surface area contributed by atoms with Crippen molar-refractivity contribution in [2.24, 2.45) is 0 Å². The summed E-state index contributed by atoms with van der Waals surface area (Å²) in [4.78, 5) is 4.07. The van der Waals surface area contributed by atoms with Gasteiger partial charge in [-0.05, 0) is 43.3 Å². The highest BCUT2D eigenvalue weighted by Gasteiger charge is 2.07. The number of ether oxygens (including phenoxy) is 2. The number of hydrogen-bond acceptors (Lipinski definition) is 4. The van der Waals surface area contributed by atoms with Crippen molar-refractivity contribution in [2.75, 3.05) is 25.6 Å². The maximum atomic E-state index is 12.8. The molecule has 0 bridgehead atoms. The Bertz CT molecular complexity index is 543. The van der Waals surface area contributed by atoms with E-state index in [0.29, 0.717) is 13.2 Å². The summed E-state index contributed by atoms with van der Waals surface area (Å²) in [6.45, 7) is 3.07. The van der Waals surface area contributed by atoms with Crippen LogP contribution >= 0.6 is 0 Å². The van der Waals surface area contributed by atoms with Gasteiger partial charge in [-0.3, -0.25) is 4.98 Å². The lowest BCUT2D eigenvalue weighted by molar-refractivity contribution is 0.146. The number of rotatable bonds is 7. The minimum atomic E-state index is -0.330. The average Bonchev–Trinajstić information content (AvgIpc) is 2.50. The molecule has 0 aliphatic rings. The van der Waals surface area contributed by atoms with E-state index >= 15 is 0 Å². The second-order valence-corrected chi connectivity index (χ2v) is 4.63. The van der Waals surface area contributed by atoms with Crippen LogP contribution in [-0.4, -0.2) is 25.3 Å². The molecule has 0 spiro atoms. The Morgan fingerprint density at radius 3 is 2.52 bits per heavy atom. The van der Waals surface area contributed by atoms with E-state index in [1.165, 1.54) is 12.3 Å². The molecule has 1 aromatic carbocycles. The van der Waals surface area contributed by atoms with Gasteiger partial charge in [-0.2, -0.15) is 0 Å². The standard InChI is InChI=1S/C16H19FN2O2/c1-12(16-8-3-13(17)11-18-16)19-14-4-6-15(7-5-14)21-10-9-20-2/h3-8,11-12,19H,9-10H2,1-2H3. The van der Waals surface area contributed by atoms with E-state index in [-0.39, 0.29) is 11.9 Å². The highest BCUT2D eigenvalue weighted by Crippen LogP contribution is 2.20. The first-order valence-electron chi connectivity index (χ1n) is 6.79. The minimum Gasteiger partial charge on any atom is -0.491 e. The van der Waals surface area contributed by atoms with Crippen LogP contribution in [0.2, 0.25) is 0 Å². The second kappa shape index (κ2) is 7.59. The van der Waals surface area contributed by atoms with Crippen molar-refractivity contribution in [3.05, 3.63) is 54.1 Å². The lowest BCUT2D eigenvalue weighted by Gasteiger charge is -2.15. The zero-order chi connectivity index (χ0) is 15.1. The van der Waals surface area contributed by atoms with Crippen LogP contribution in [0.15, 0.2) is 42.6 Å². The van der Waals surface area contributed by atoms with Gasteiger partial charge in [0, 0.05) is 12.8 Å². The maximum absolute atomic E-state index is 12.8. The van der Waals surface area contributed by atoms with Crippen LogP contribution in [0.25, 0.3) is 0 Å². The fourth-order valence-corrected chi connectivity index (χ4v) is 1.86. The van der Waals surface area contributed by atoms with Gasteiger partial charge in [-0.15, -0.1) is 0 Å². The third kappa shape index (κ3) is 4.72. The molecule has 0 fully saturated rings. The summed E-state index contributed by atoms with van der Waals surface area (Å²) in [6, 6.07) is 10.7. The molecule has 5 heteroatoms. The molecule has 1 unspecified atom stereocenters. The number of halogens is 1. The summed E-state index contributed by atoms with van der Waals surface area (Å²) in [6.07, 6.45) is 1.22. The van der Waals surface area contributed by atoms with Crippen molar-refractivity contribution >= 4 is 5.69 Å². The first kappa shape index (κ1) is 15.3. The van der Waals surface area contributed by atoms with E-state index in [4.69, 9.17) is 9.47 Å². The Balaban J connectivity index is 1.91. The van der Waals surface area contributed by atoms with Gasteiger partial charge in [0.15, 0.2) is 0 Å². The van der Waals surface area contributed by atoms with Gasteiger partial charge in [-0.25, -0.2) is 4.39 Å². The molecule has 1 N–H and O–H groups in total. The molecule has 4 nitrogen and oxygen atoms in total. The summed E-state index contributed by atoms with van der Waals surface area (Å²) >= 11 is 0. The number of benzene rings is 1. The van der Waals surface area contributed by atoms with Crippen molar-refractivity contribution in [3.8, 4) is 5.75 Å². The lowest BCUT2D eigenvalue weighted by atomic mass is 10.2. The fourth-order valence-electron chi connectivity index (χ4n) is 1.86. The van der Waals surface area contributed by atoms with Crippen LogP contribution in [-0.2, 0) is 4.74 Å². The van der Waals surface area contributed by atoms with Crippen LogP contribution in [0.1, 0.15) is 18.7 Å². The Morgan fingerprint density at radius 2 is 1.90 bits per heavy atom. The molecule has 0 saturated heterocycles. The lowest BCUT2D eigenvalue weighted by Crippen LogP contribution is -2.08. The summed E-state index contributed by atoms with van der Waals surface area (Å²) in [5.74, 6) is 0.466. The first-order valence-corrected chi connectivity index (χ1v) is 6.79. The molecule has 1 aromatic heterocycles. The van der Waals surface area contributed by atoms with Gasteiger partial charge in [0.1, 0.15) is 18.2 Å². The molecular formula is C16H19FN2O2. The van der Waals surface area contributed by atoms with Crippen LogP contribution in [0.4, 0.5) is 10.1 Å².